The van der Waals surface area contributed by atoms with Gasteiger partial charge in [0.15, 0.2) is 0 Å². The van der Waals surface area contributed by atoms with Crippen LogP contribution in [0.5, 0.6) is 0 Å². The van der Waals surface area contributed by atoms with E-state index in [4.69, 9.17) is 5.10 Å². The quantitative estimate of drug-likeness (QED) is 0.362. The number of nitrogens with zero attached hydrogens (tertiary/aromatic N) is 3. The summed E-state index contributed by atoms with van der Waals surface area (Å²) in [7, 11) is 0. The molecule has 0 spiro atoms. The molecule has 0 aliphatic heterocycles. The molecule has 0 aliphatic carbocycles. The van der Waals surface area contributed by atoms with Crippen LogP contribution in [0.25, 0.3) is 16.9 Å². The summed E-state index contributed by atoms with van der Waals surface area (Å²) in [6.07, 6.45) is 4.24. The smallest absolute Gasteiger partial charge is 0.245 e. The highest BCUT2D eigenvalue weighted by Gasteiger charge is 2.19. The molecule has 6 heteroatoms. The standard InChI is InChI=1S/C28H36N4O2/c1-5-7-9-14-28(34)31(17-6-2)20-27(33)29-26-19-24(23-12-10-8-11-13-23)30-32(26)25-16-15-21(3)18-22(25)4/h8,10-13,15-16,18-19H,5-7,9,14,17,20H2,1-4H3,(H,29,33). The van der Waals surface area contributed by atoms with Gasteiger partial charge in [-0.1, -0.05) is 74.7 Å². The van der Waals surface area contributed by atoms with E-state index in [-0.39, 0.29) is 18.4 Å². The minimum absolute atomic E-state index is 0.0392. The Morgan fingerprint density at radius 1 is 0.971 bits per heavy atom. The molecule has 1 aromatic heterocycles. The van der Waals surface area contributed by atoms with Crippen LogP contribution in [0.1, 0.15) is 57.1 Å². The predicted octanol–water partition coefficient (Wildman–Crippen LogP) is 5.91. The zero-order chi connectivity index (χ0) is 24.5. The highest BCUT2D eigenvalue weighted by atomic mass is 16.2. The molecule has 1 N–H and O–H groups in total. The van der Waals surface area contributed by atoms with E-state index in [1.807, 2.05) is 62.4 Å². The van der Waals surface area contributed by atoms with Gasteiger partial charge >= 0.3 is 0 Å². The summed E-state index contributed by atoms with van der Waals surface area (Å²) in [6.45, 7) is 8.84. The molecule has 3 rings (SSSR count). The molecule has 0 saturated carbocycles. The highest BCUT2D eigenvalue weighted by molar-refractivity contribution is 5.94. The first kappa shape index (κ1) is 25.2. The third kappa shape index (κ3) is 6.56. The summed E-state index contributed by atoms with van der Waals surface area (Å²) in [4.78, 5) is 27.4. The maximum atomic E-state index is 13.1. The Labute approximate surface area is 203 Å². The Kier molecular flexibility index (Phi) is 9.02. The predicted molar refractivity (Wildman–Crippen MR) is 138 cm³/mol. The molecule has 3 aromatic rings. The number of carbonyl (C=O) groups is 2. The van der Waals surface area contributed by atoms with Gasteiger partial charge in [0, 0.05) is 24.6 Å². The van der Waals surface area contributed by atoms with E-state index in [0.717, 1.165) is 48.2 Å². The van der Waals surface area contributed by atoms with Crippen LogP contribution in [-0.4, -0.2) is 39.6 Å². The van der Waals surface area contributed by atoms with E-state index in [2.05, 4.69) is 25.2 Å². The fourth-order valence-electron chi connectivity index (χ4n) is 4.05. The largest absolute Gasteiger partial charge is 0.333 e. The minimum Gasteiger partial charge on any atom is -0.333 e. The molecule has 0 saturated heterocycles. The van der Waals surface area contributed by atoms with Crippen molar-refractivity contribution >= 4 is 17.6 Å². The number of carbonyl (C=O) groups excluding carboxylic acids is 2. The van der Waals surface area contributed by atoms with Crippen molar-refractivity contribution in [3.63, 3.8) is 0 Å². The van der Waals surface area contributed by atoms with Gasteiger partial charge in [0.1, 0.15) is 5.82 Å². The zero-order valence-corrected chi connectivity index (χ0v) is 20.8. The van der Waals surface area contributed by atoms with Crippen molar-refractivity contribution in [3.8, 4) is 16.9 Å². The molecule has 0 fully saturated rings. The van der Waals surface area contributed by atoms with Gasteiger partial charge in [-0.25, -0.2) is 4.68 Å². The van der Waals surface area contributed by atoms with E-state index in [9.17, 15) is 9.59 Å². The summed E-state index contributed by atoms with van der Waals surface area (Å²) in [6, 6.07) is 17.9. The molecule has 34 heavy (non-hydrogen) atoms. The number of nitrogens with one attached hydrogen (secondary N) is 1. The Balaban J connectivity index is 1.86. The molecule has 6 nitrogen and oxygen atoms in total. The number of amides is 2. The van der Waals surface area contributed by atoms with Gasteiger partial charge < -0.3 is 10.2 Å². The Hall–Kier alpha value is -3.41. The van der Waals surface area contributed by atoms with Crippen molar-refractivity contribution in [1.29, 1.82) is 0 Å². The number of unbranched alkanes of at least 4 members (excludes halogenated alkanes) is 2. The minimum atomic E-state index is -0.220. The van der Waals surface area contributed by atoms with Crippen LogP contribution in [0.4, 0.5) is 5.82 Å². The lowest BCUT2D eigenvalue weighted by Gasteiger charge is -2.22. The lowest BCUT2D eigenvalue weighted by Crippen LogP contribution is -2.38. The summed E-state index contributed by atoms with van der Waals surface area (Å²) < 4.78 is 1.78. The van der Waals surface area contributed by atoms with Gasteiger partial charge in [0.25, 0.3) is 0 Å². The van der Waals surface area contributed by atoms with Crippen molar-refractivity contribution in [3.05, 3.63) is 65.7 Å². The van der Waals surface area contributed by atoms with Crippen LogP contribution in [0.3, 0.4) is 0 Å². The lowest BCUT2D eigenvalue weighted by atomic mass is 10.1. The van der Waals surface area contributed by atoms with Crippen molar-refractivity contribution in [1.82, 2.24) is 14.7 Å². The zero-order valence-electron chi connectivity index (χ0n) is 20.8. The van der Waals surface area contributed by atoms with E-state index >= 15 is 0 Å². The molecule has 180 valence electrons. The van der Waals surface area contributed by atoms with Gasteiger partial charge in [0.05, 0.1) is 17.9 Å². The lowest BCUT2D eigenvalue weighted by molar-refractivity contribution is -0.134. The number of benzene rings is 2. The fraction of sp³-hybridized carbons (Fsp3) is 0.393. The first-order valence-electron chi connectivity index (χ1n) is 12.2. The maximum Gasteiger partial charge on any atom is 0.245 e. The number of aromatic nitrogens is 2. The first-order valence-corrected chi connectivity index (χ1v) is 12.2. The van der Waals surface area contributed by atoms with Crippen molar-refractivity contribution in [2.45, 2.75) is 59.8 Å². The van der Waals surface area contributed by atoms with Crippen LogP contribution in [-0.2, 0) is 9.59 Å². The summed E-state index contributed by atoms with van der Waals surface area (Å²) >= 11 is 0. The number of anilines is 1. The summed E-state index contributed by atoms with van der Waals surface area (Å²) in [5.41, 5.74) is 4.89. The van der Waals surface area contributed by atoms with Gasteiger partial charge in [-0.3, -0.25) is 9.59 Å². The van der Waals surface area contributed by atoms with Gasteiger partial charge in [-0.2, -0.15) is 5.10 Å². The molecule has 0 aliphatic rings. The second-order valence-electron chi connectivity index (χ2n) is 8.80. The van der Waals surface area contributed by atoms with Crippen LogP contribution < -0.4 is 5.32 Å². The van der Waals surface area contributed by atoms with Crippen molar-refractivity contribution in [2.75, 3.05) is 18.4 Å². The van der Waals surface area contributed by atoms with Crippen LogP contribution in [0, 0.1) is 13.8 Å². The molecule has 1 heterocycles. The monoisotopic (exact) mass is 460 g/mol. The van der Waals surface area contributed by atoms with Crippen molar-refractivity contribution < 1.29 is 9.59 Å². The second kappa shape index (κ2) is 12.2. The molecule has 2 aromatic carbocycles. The third-order valence-corrected chi connectivity index (χ3v) is 5.80. The Bertz CT molecular complexity index is 1100. The molecule has 0 radical (unpaired) electrons. The maximum absolute atomic E-state index is 13.1. The molecule has 2 amide bonds. The Morgan fingerprint density at radius 3 is 2.41 bits per heavy atom. The topological polar surface area (TPSA) is 67.2 Å². The normalized spacial score (nSPS) is 10.8. The third-order valence-electron chi connectivity index (χ3n) is 5.80. The van der Waals surface area contributed by atoms with Crippen LogP contribution in [0.2, 0.25) is 0 Å². The van der Waals surface area contributed by atoms with Crippen LogP contribution >= 0.6 is 0 Å². The second-order valence-corrected chi connectivity index (χ2v) is 8.80. The van der Waals surface area contributed by atoms with E-state index in [1.165, 1.54) is 5.56 Å². The Morgan fingerprint density at radius 2 is 1.74 bits per heavy atom. The average Bonchev–Trinajstić information content (AvgIpc) is 3.22. The number of hydrogen-bond acceptors (Lipinski definition) is 3. The molecule has 0 unspecified atom stereocenters. The first-order chi connectivity index (χ1) is 16.4. The molecule has 0 bridgehead atoms. The number of aryl methyl sites for hydroxylation is 2. The van der Waals surface area contributed by atoms with E-state index in [1.54, 1.807) is 9.58 Å². The molecular formula is C28H36N4O2. The summed E-state index contributed by atoms with van der Waals surface area (Å²) in [5.74, 6) is 0.409. The van der Waals surface area contributed by atoms with Crippen molar-refractivity contribution in [2.24, 2.45) is 0 Å². The SMILES string of the molecule is CCCCCC(=O)N(CCC)CC(=O)Nc1cc(-c2ccccc2)nn1-c1ccc(C)cc1C. The fourth-order valence-corrected chi connectivity index (χ4v) is 4.05. The number of rotatable bonds is 11. The number of hydrogen-bond donors (Lipinski definition) is 1. The summed E-state index contributed by atoms with van der Waals surface area (Å²) in [5, 5.41) is 7.84. The van der Waals surface area contributed by atoms with Gasteiger partial charge in [-0.05, 0) is 38.3 Å². The average molecular weight is 461 g/mol. The van der Waals surface area contributed by atoms with E-state index in [0.29, 0.717) is 18.8 Å². The van der Waals surface area contributed by atoms with E-state index < -0.39 is 0 Å². The van der Waals surface area contributed by atoms with Crippen LogP contribution in [0.15, 0.2) is 54.6 Å². The molecule has 0 atom stereocenters. The van der Waals surface area contributed by atoms with Gasteiger partial charge in [-0.15, -0.1) is 0 Å². The molecular weight excluding hydrogens is 424 g/mol. The van der Waals surface area contributed by atoms with Gasteiger partial charge in [0.2, 0.25) is 11.8 Å². The highest BCUT2D eigenvalue weighted by Crippen LogP contribution is 2.26.